The lowest BCUT2D eigenvalue weighted by molar-refractivity contribution is 0.0985. The van der Waals surface area contributed by atoms with Gasteiger partial charge in [0.05, 0.1) is 0 Å². The van der Waals surface area contributed by atoms with Crippen LogP contribution in [0.5, 0.6) is 11.5 Å². The number of rotatable bonds is 7. The van der Waals surface area contributed by atoms with Gasteiger partial charge in [-0.1, -0.05) is 41.7 Å². The topological polar surface area (TPSA) is 61.8 Å². The van der Waals surface area contributed by atoms with Gasteiger partial charge in [0.15, 0.2) is 0 Å². The molecule has 0 fully saturated rings. The second-order valence-corrected chi connectivity index (χ2v) is 11.0. The second-order valence-electron chi connectivity index (χ2n) is 9.81. The summed E-state index contributed by atoms with van der Waals surface area (Å²) in [6, 6.07) is 20.7. The molecule has 3 aromatic carbocycles. The lowest BCUT2D eigenvalue weighted by atomic mass is 9.74. The third-order valence-corrected chi connectivity index (χ3v) is 8.80. The van der Waals surface area contributed by atoms with Crippen molar-refractivity contribution < 1.29 is 9.53 Å². The van der Waals surface area contributed by atoms with Crippen molar-refractivity contribution in [2.45, 2.75) is 40.2 Å². The largest absolute Gasteiger partial charge is 0.456 e. The number of ether oxygens (including phenoxy) is 1. The minimum Gasteiger partial charge on any atom is -0.456 e. The summed E-state index contributed by atoms with van der Waals surface area (Å²) in [5.74, 6) is 1.42. The predicted molar refractivity (Wildman–Crippen MR) is 158 cm³/mol. The van der Waals surface area contributed by atoms with Crippen LogP contribution in [0.3, 0.4) is 0 Å². The number of hydrogen-bond donors (Lipinski definition) is 0. The van der Waals surface area contributed by atoms with Crippen LogP contribution in [0.15, 0.2) is 60.7 Å². The lowest BCUT2D eigenvalue weighted by Gasteiger charge is -2.43. The smallest absolute Gasteiger partial charge is 0.261 e. The van der Waals surface area contributed by atoms with Gasteiger partial charge in [0.2, 0.25) is 5.13 Å². The van der Waals surface area contributed by atoms with E-state index in [4.69, 9.17) is 4.74 Å². The van der Waals surface area contributed by atoms with Crippen LogP contribution in [0, 0.1) is 6.92 Å². The summed E-state index contributed by atoms with van der Waals surface area (Å²) < 4.78 is 6.74. The molecule has 2 aliphatic rings. The highest BCUT2D eigenvalue weighted by molar-refractivity contribution is 7.15. The molecular weight excluding hydrogens is 506 g/mol. The van der Waals surface area contributed by atoms with Gasteiger partial charge >= 0.3 is 0 Å². The Morgan fingerprint density at radius 1 is 0.795 bits per heavy atom. The van der Waals surface area contributed by atoms with Crippen molar-refractivity contribution >= 4 is 33.8 Å². The van der Waals surface area contributed by atoms with Crippen LogP contribution in [-0.2, 0) is 5.54 Å². The van der Waals surface area contributed by atoms with E-state index >= 15 is 0 Å². The fourth-order valence-corrected chi connectivity index (χ4v) is 6.88. The normalized spacial score (nSPS) is 14.6. The molecule has 0 aliphatic carbocycles. The number of aromatic nitrogens is 2. The van der Waals surface area contributed by atoms with Crippen molar-refractivity contribution in [1.29, 1.82) is 0 Å². The highest BCUT2D eigenvalue weighted by atomic mass is 32.1. The number of nitrogens with zero attached hydrogens (tertiary/aromatic N) is 5. The van der Waals surface area contributed by atoms with E-state index in [9.17, 15) is 4.79 Å². The maximum absolute atomic E-state index is 14.2. The van der Waals surface area contributed by atoms with Crippen molar-refractivity contribution in [2.24, 2.45) is 0 Å². The maximum atomic E-state index is 14.2. The van der Waals surface area contributed by atoms with Crippen molar-refractivity contribution in [3.63, 3.8) is 0 Å². The quantitative estimate of drug-likeness (QED) is 0.264. The maximum Gasteiger partial charge on any atom is 0.261 e. The van der Waals surface area contributed by atoms with Crippen LogP contribution in [0.1, 0.15) is 59.8 Å². The number of aryl methyl sites for hydroxylation is 1. The molecule has 4 aromatic rings. The standard InChI is InChI=1S/C31H33N5O2S/c1-6-34(7-2)21-14-16-25-27(18-21)38-28-19-22(35(8-3)9-4)15-17-26(28)31(25)24-13-11-10-12-23(24)29(37)36(31)30-33-32-20(5)39-30/h10-19H,6-9H2,1-5H3. The lowest BCUT2D eigenvalue weighted by Crippen LogP contribution is -2.47. The number of fused-ring (bicyclic) bond motifs is 6. The Kier molecular flexibility index (Phi) is 6.30. The monoisotopic (exact) mass is 539 g/mol. The average molecular weight is 540 g/mol. The zero-order valence-electron chi connectivity index (χ0n) is 23.1. The Hall–Kier alpha value is -3.91. The third-order valence-electron chi connectivity index (χ3n) is 7.98. The van der Waals surface area contributed by atoms with Gasteiger partial charge < -0.3 is 14.5 Å². The first-order chi connectivity index (χ1) is 19.0. The van der Waals surface area contributed by atoms with Crippen molar-refractivity contribution in [1.82, 2.24) is 10.2 Å². The Morgan fingerprint density at radius 2 is 1.36 bits per heavy atom. The fourth-order valence-electron chi connectivity index (χ4n) is 6.14. The van der Waals surface area contributed by atoms with Crippen molar-refractivity contribution in [2.75, 3.05) is 40.9 Å². The number of carbonyl (C=O) groups is 1. The Bertz CT molecular complexity index is 1490. The van der Waals surface area contributed by atoms with E-state index in [1.807, 2.05) is 30.0 Å². The van der Waals surface area contributed by atoms with Crippen LogP contribution >= 0.6 is 11.3 Å². The highest BCUT2D eigenvalue weighted by Crippen LogP contribution is 2.59. The van der Waals surface area contributed by atoms with E-state index < -0.39 is 5.54 Å². The molecule has 39 heavy (non-hydrogen) atoms. The summed E-state index contributed by atoms with van der Waals surface area (Å²) in [6.45, 7) is 14.1. The minimum absolute atomic E-state index is 0.0822. The van der Waals surface area contributed by atoms with Crippen LogP contribution in [0.4, 0.5) is 16.5 Å². The van der Waals surface area contributed by atoms with Gasteiger partial charge in [-0.3, -0.25) is 9.69 Å². The molecule has 1 aromatic heterocycles. The van der Waals surface area contributed by atoms with Crippen molar-refractivity contribution in [3.8, 4) is 11.5 Å². The summed E-state index contributed by atoms with van der Waals surface area (Å²) >= 11 is 1.43. The zero-order valence-corrected chi connectivity index (χ0v) is 23.9. The predicted octanol–water partition coefficient (Wildman–Crippen LogP) is 6.60. The Morgan fingerprint density at radius 3 is 1.87 bits per heavy atom. The number of amides is 1. The molecule has 200 valence electrons. The summed E-state index contributed by atoms with van der Waals surface area (Å²) in [5.41, 5.74) is 4.69. The minimum atomic E-state index is -0.938. The summed E-state index contributed by atoms with van der Waals surface area (Å²) in [4.78, 5) is 20.7. The molecule has 6 rings (SSSR count). The number of hydrogen-bond acceptors (Lipinski definition) is 7. The molecule has 0 radical (unpaired) electrons. The van der Waals surface area contributed by atoms with Gasteiger partial charge in [-0.05, 0) is 52.8 Å². The van der Waals surface area contributed by atoms with Crippen LogP contribution in [-0.4, -0.2) is 42.3 Å². The highest BCUT2D eigenvalue weighted by Gasteiger charge is 2.58. The van der Waals surface area contributed by atoms with Crippen LogP contribution in [0.2, 0.25) is 0 Å². The van der Waals surface area contributed by atoms with E-state index in [-0.39, 0.29) is 5.91 Å². The molecule has 1 amide bonds. The van der Waals surface area contributed by atoms with Gasteiger partial charge in [0.1, 0.15) is 22.0 Å². The van der Waals surface area contributed by atoms with E-state index in [1.54, 1.807) is 0 Å². The van der Waals surface area contributed by atoms with Gasteiger partial charge in [-0.15, -0.1) is 10.2 Å². The molecule has 0 N–H and O–H groups in total. The van der Waals surface area contributed by atoms with E-state index in [0.29, 0.717) is 10.7 Å². The van der Waals surface area contributed by atoms with E-state index in [0.717, 1.165) is 70.8 Å². The number of anilines is 3. The fraction of sp³-hybridized carbons (Fsp3) is 0.323. The molecule has 3 heterocycles. The second kappa shape index (κ2) is 9.68. The summed E-state index contributed by atoms with van der Waals surface area (Å²) in [7, 11) is 0. The Labute approximate surface area is 233 Å². The number of benzene rings is 3. The van der Waals surface area contributed by atoms with Gasteiger partial charge in [-0.2, -0.15) is 0 Å². The summed E-state index contributed by atoms with van der Waals surface area (Å²) in [5, 5.41) is 10.2. The molecule has 2 aliphatic heterocycles. The zero-order chi connectivity index (χ0) is 27.3. The molecule has 1 spiro atoms. The third kappa shape index (κ3) is 3.65. The molecule has 7 nitrogen and oxygen atoms in total. The molecule has 0 atom stereocenters. The molecule has 0 saturated carbocycles. The van der Waals surface area contributed by atoms with Gasteiger partial charge in [0.25, 0.3) is 5.91 Å². The first-order valence-electron chi connectivity index (χ1n) is 13.7. The summed E-state index contributed by atoms with van der Waals surface area (Å²) in [6.07, 6.45) is 0. The molecule has 0 unspecified atom stereocenters. The average Bonchev–Trinajstić information content (AvgIpc) is 3.49. The van der Waals surface area contributed by atoms with E-state index in [1.165, 1.54) is 11.3 Å². The van der Waals surface area contributed by atoms with E-state index in [2.05, 4.69) is 90.2 Å². The Balaban J connectivity index is 1.69. The number of carbonyl (C=O) groups excluding carboxylic acids is 1. The molecule has 0 saturated heterocycles. The van der Waals surface area contributed by atoms with Crippen molar-refractivity contribution in [3.05, 3.63) is 87.9 Å². The molecular formula is C31H33N5O2S. The van der Waals surface area contributed by atoms with Crippen LogP contribution in [0.25, 0.3) is 0 Å². The first-order valence-corrected chi connectivity index (χ1v) is 14.5. The molecule has 8 heteroatoms. The van der Waals surface area contributed by atoms with Gasteiger partial charge in [0, 0.05) is 71.9 Å². The first kappa shape index (κ1) is 25.4. The van der Waals surface area contributed by atoms with Gasteiger partial charge in [-0.25, -0.2) is 0 Å². The molecule has 0 bridgehead atoms. The van der Waals surface area contributed by atoms with Crippen LogP contribution < -0.4 is 19.4 Å². The SMILES string of the molecule is CCN(CC)c1ccc2c(c1)Oc1cc(N(CC)CC)ccc1C21c2ccccc2C(=O)N1c1nnc(C)s1.